The Morgan fingerprint density at radius 3 is 2.44 bits per heavy atom. The molecule has 146 valence electrons. The minimum Gasteiger partial charge on any atom is -0.495 e. The average Bonchev–Trinajstić information content (AvgIpc) is 2.62. The van der Waals surface area contributed by atoms with E-state index in [1.54, 1.807) is 18.2 Å². The third-order valence-corrected chi connectivity index (χ3v) is 6.15. The van der Waals surface area contributed by atoms with E-state index in [2.05, 4.69) is 5.32 Å². The molecule has 0 atom stereocenters. The molecular formula is C20H26N2O4S. The van der Waals surface area contributed by atoms with Gasteiger partial charge in [-0.3, -0.25) is 4.79 Å². The second kappa shape index (κ2) is 8.54. The van der Waals surface area contributed by atoms with Gasteiger partial charge in [0.1, 0.15) is 10.6 Å². The van der Waals surface area contributed by atoms with Crippen LogP contribution in [0.4, 0.5) is 5.69 Å². The largest absolute Gasteiger partial charge is 0.495 e. The zero-order valence-corrected chi connectivity index (χ0v) is 17.1. The van der Waals surface area contributed by atoms with Crippen molar-refractivity contribution in [1.82, 2.24) is 4.31 Å². The van der Waals surface area contributed by atoms with E-state index in [4.69, 9.17) is 4.74 Å². The minimum absolute atomic E-state index is 0.0578. The maximum absolute atomic E-state index is 13.0. The summed E-state index contributed by atoms with van der Waals surface area (Å²) in [5.74, 6) is 0.0134. The smallest absolute Gasteiger partial charge is 0.246 e. The van der Waals surface area contributed by atoms with E-state index in [0.717, 1.165) is 15.4 Å². The van der Waals surface area contributed by atoms with E-state index in [9.17, 15) is 13.2 Å². The van der Waals surface area contributed by atoms with E-state index in [-0.39, 0.29) is 23.1 Å². The monoisotopic (exact) mass is 390 g/mol. The van der Waals surface area contributed by atoms with Crippen LogP contribution in [0.2, 0.25) is 0 Å². The summed E-state index contributed by atoms with van der Waals surface area (Å²) >= 11 is 0. The average molecular weight is 391 g/mol. The number of carbonyl (C=O) groups excluding carboxylic acids is 1. The fraction of sp³-hybridized carbons (Fsp3) is 0.350. The lowest BCUT2D eigenvalue weighted by Gasteiger charge is -2.20. The summed E-state index contributed by atoms with van der Waals surface area (Å²) in [7, 11) is -1.08. The van der Waals surface area contributed by atoms with Crippen molar-refractivity contribution in [2.75, 3.05) is 26.0 Å². The Morgan fingerprint density at radius 1 is 1.19 bits per heavy atom. The number of benzene rings is 2. The number of para-hydroxylation sites is 1. The van der Waals surface area contributed by atoms with Crippen molar-refractivity contribution in [3.05, 3.63) is 53.6 Å². The van der Waals surface area contributed by atoms with E-state index < -0.39 is 15.9 Å². The summed E-state index contributed by atoms with van der Waals surface area (Å²) in [6.07, 6.45) is 0. The van der Waals surface area contributed by atoms with Gasteiger partial charge in [0.15, 0.2) is 0 Å². The Bertz CT molecular complexity index is 923. The normalized spacial score (nSPS) is 11.7. The van der Waals surface area contributed by atoms with Gasteiger partial charge in [-0.05, 0) is 42.2 Å². The second-order valence-corrected chi connectivity index (χ2v) is 8.70. The molecule has 2 aromatic rings. The highest BCUT2D eigenvalue weighted by molar-refractivity contribution is 7.89. The van der Waals surface area contributed by atoms with Crippen molar-refractivity contribution in [3.8, 4) is 5.75 Å². The van der Waals surface area contributed by atoms with Crippen LogP contribution >= 0.6 is 0 Å². The number of hydrogen-bond donors (Lipinski definition) is 1. The van der Waals surface area contributed by atoms with Gasteiger partial charge in [-0.25, -0.2) is 8.42 Å². The molecule has 0 heterocycles. The molecule has 27 heavy (non-hydrogen) atoms. The lowest BCUT2D eigenvalue weighted by molar-refractivity contribution is -0.116. The zero-order chi connectivity index (χ0) is 20.2. The number of rotatable bonds is 7. The minimum atomic E-state index is -3.89. The molecule has 0 aliphatic carbocycles. The molecule has 0 bridgehead atoms. The number of nitrogens with zero attached hydrogens (tertiary/aromatic N) is 1. The first-order chi connectivity index (χ1) is 12.7. The highest BCUT2D eigenvalue weighted by Crippen LogP contribution is 2.29. The maximum atomic E-state index is 13.0. The van der Waals surface area contributed by atoms with Crippen LogP contribution in [0.15, 0.2) is 47.4 Å². The predicted octanol–water partition coefficient (Wildman–Crippen LogP) is 3.39. The number of sulfonamides is 1. The molecule has 2 aromatic carbocycles. The predicted molar refractivity (Wildman–Crippen MR) is 107 cm³/mol. The molecular weight excluding hydrogens is 364 g/mol. The van der Waals surface area contributed by atoms with Gasteiger partial charge in [0, 0.05) is 12.7 Å². The molecule has 1 N–H and O–H groups in total. The Labute approximate surface area is 161 Å². The highest BCUT2D eigenvalue weighted by atomic mass is 32.2. The third-order valence-electron chi connectivity index (χ3n) is 4.33. The zero-order valence-electron chi connectivity index (χ0n) is 16.3. The number of hydrogen-bond acceptors (Lipinski definition) is 4. The maximum Gasteiger partial charge on any atom is 0.246 e. The van der Waals surface area contributed by atoms with Crippen LogP contribution in [0, 0.1) is 6.92 Å². The Kier molecular flexibility index (Phi) is 6.62. The molecule has 1 amide bonds. The fourth-order valence-electron chi connectivity index (χ4n) is 2.61. The lowest BCUT2D eigenvalue weighted by atomic mass is 10.0. The quantitative estimate of drug-likeness (QED) is 0.786. The number of ether oxygens (including phenoxy) is 1. The van der Waals surface area contributed by atoms with Gasteiger partial charge in [0.2, 0.25) is 15.9 Å². The van der Waals surface area contributed by atoms with Gasteiger partial charge in [-0.15, -0.1) is 0 Å². The number of anilines is 1. The number of amides is 1. The van der Waals surface area contributed by atoms with Crippen LogP contribution in [0.5, 0.6) is 5.75 Å². The molecule has 0 aliphatic heterocycles. The lowest BCUT2D eigenvalue weighted by Crippen LogP contribution is -2.35. The van der Waals surface area contributed by atoms with Crippen molar-refractivity contribution in [3.63, 3.8) is 0 Å². The Hall–Kier alpha value is -2.38. The molecule has 0 aliphatic rings. The van der Waals surface area contributed by atoms with E-state index in [1.807, 2.05) is 45.0 Å². The summed E-state index contributed by atoms with van der Waals surface area (Å²) in [5.41, 5.74) is 2.45. The molecule has 0 saturated heterocycles. The first kappa shape index (κ1) is 20.9. The Morgan fingerprint density at radius 2 is 1.85 bits per heavy atom. The third kappa shape index (κ3) is 4.87. The van der Waals surface area contributed by atoms with Gasteiger partial charge < -0.3 is 10.1 Å². The summed E-state index contributed by atoms with van der Waals surface area (Å²) < 4.78 is 32.3. The first-order valence-corrected chi connectivity index (χ1v) is 10.1. The van der Waals surface area contributed by atoms with Crippen molar-refractivity contribution < 1.29 is 17.9 Å². The van der Waals surface area contributed by atoms with Gasteiger partial charge in [-0.2, -0.15) is 4.31 Å². The molecule has 2 rings (SSSR count). The fourth-order valence-corrected chi connectivity index (χ4v) is 3.93. The summed E-state index contributed by atoms with van der Waals surface area (Å²) in [4.78, 5) is 12.4. The molecule has 0 fully saturated rings. The Balaban J connectivity index is 2.24. The van der Waals surface area contributed by atoms with Crippen molar-refractivity contribution in [2.45, 2.75) is 31.6 Å². The van der Waals surface area contributed by atoms with Gasteiger partial charge in [0.05, 0.1) is 13.7 Å². The van der Waals surface area contributed by atoms with Crippen LogP contribution in [0.25, 0.3) is 0 Å². The highest BCUT2D eigenvalue weighted by Gasteiger charge is 2.27. The molecule has 7 heteroatoms. The van der Waals surface area contributed by atoms with Crippen LogP contribution in [0.3, 0.4) is 0 Å². The van der Waals surface area contributed by atoms with Crippen LogP contribution < -0.4 is 10.1 Å². The topological polar surface area (TPSA) is 75.7 Å². The molecule has 0 saturated carbocycles. The first-order valence-electron chi connectivity index (χ1n) is 8.66. The molecule has 0 spiro atoms. The molecule has 0 unspecified atom stereocenters. The van der Waals surface area contributed by atoms with Crippen LogP contribution in [0.1, 0.15) is 30.9 Å². The van der Waals surface area contributed by atoms with E-state index in [1.165, 1.54) is 14.2 Å². The van der Waals surface area contributed by atoms with Crippen molar-refractivity contribution in [1.29, 1.82) is 0 Å². The SMILES string of the molecule is COc1ccc(C(C)C)cc1S(=O)(=O)N(C)CC(=O)Nc1ccccc1C. The van der Waals surface area contributed by atoms with Crippen LogP contribution in [-0.2, 0) is 14.8 Å². The number of likely N-dealkylation sites (N-methyl/N-ethyl adjacent to an activating group) is 1. The second-order valence-electron chi connectivity index (χ2n) is 6.69. The standard InChI is InChI=1S/C20H26N2O4S/c1-14(2)16-10-11-18(26-5)19(12-16)27(24,25)22(4)13-20(23)21-17-9-7-6-8-15(17)3/h6-12,14H,13H2,1-5H3,(H,21,23). The van der Waals surface area contributed by atoms with Crippen molar-refractivity contribution in [2.24, 2.45) is 0 Å². The van der Waals surface area contributed by atoms with Gasteiger partial charge >= 0.3 is 0 Å². The van der Waals surface area contributed by atoms with E-state index >= 15 is 0 Å². The molecule has 0 radical (unpaired) electrons. The molecule has 0 aromatic heterocycles. The number of nitrogens with one attached hydrogen (secondary N) is 1. The number of methoxy groups -OCH3 is 1. The van der Waals surface area contributed by atoms with Crippen LogP contribution in [-0.4, -0.2) is 39.3 Å². The van der Waals surface area contributed by atoms with E-state index in [0.29, 0.717) is 5.69 Å². The summed E-state index contributed by atoms with van der Waals surface area (Å²) in [6, 6.07) is 12.4. The summed E-state index contributed by atoms with van der Waals surface area (Å²) in [5, 5.41) is 2.75. The molecule has 6 nitrogen and oxygen atoms in total. The van der Waals surface area contributed by atoms with Gasteiger partial charge in [0.25, 0.3) is 0 Å². The summed E-state index contributed by atoms with van der Waals surface area (Å²) in [6.45, 7) is 5.54. The number of carbonyl (C=O) groups is 1. The van der Waals surface area contributed by atoms with Crippen molar-refractivity contribution >= 4 is 21.6 Å². The number of aryl methyl sites for hydroxylation is 1. The van der Waals surface area contributed by atoms with Gasteiger partial charge in [-0.1, -0.05) is 38.1 Å².